The molecule has 2 heterocycles. The number of carbonyl (C=O) groups is 1. The quantitative estimate of drug-likeness (QED) is 0.632. The largest absolute Gasteiger partial charge is 0.345 e. The van der Waals surface area contributed by atoms with Crippen molar-refractivity contribution in [1.82, 2.24) is 9.88 Å². The minimum absolute atomic E-state index is 0.0345. The highest BCUT2D eigenvalue weighted by atomic mass is 19.1. The summed E-state index contributed by atoms with van der Waals surface area (Å²) in [5.41, 5.74) is 0. The lowest BCUT2D eigenvalue weighted by atomic mass is 10.3. The molecule has 1 aliphatic rings. The van der Waals surface area contributed by atoms with E-state index in [0.717, 1.165) is 0 Å². The van der Waals surface area contributed by atoms with Crippen molar-refractivity contribution in [1.29, 1.82) is 0 Å². The fourth-order valence-corrected chi connectivity index (χ4v) is 1.53. The van der Waals surface area contributed by atoms with Crippen LogP contribution in [0.15, 0.2) is 18.2 Å². The standard InChI is InChI=1S/C10H12FN3O/c1-13-5-6-14(7-10(13)15)9-4-2-3-8(11)12-9/h2-4H,5-7H2,1H3. The minimum atomic E-state index is -0.515. The smallest absolute Gasteiger partial charge is 0.241 e. The molecule has 0 spiro atoms. The van der Waals surface area contributed by atoms with Gasteiger partial charge in [0.25, 0.3) is 0 Å². The average molecular weight is 209 g/mol. The summed E-state index contributed by atoms with van der Waals surface area (Å²) in [6.07, 6.45) is 0. The maximum absolute atomic E-state index is 12.9. The third kappa shape index (κ3) is 2.06. The van der Waals surface area contributed by atoms with Crippen LogP contribution < -0.4 is 4.90 Å². The van der Waals surface area contributed by atoms with Crippen LogP contribution >= 0.6 is 0 Å². The van der Waals surface area contributed by atoms with Crippen LogP contribution in [0, 0.1) is 5.95 Å². The number of aromatic nitrogens is 1. The second-order valence-electron chi connectivity index (χ2n) is 3.56. The van der Waals surface area contributed by atoms with Crippen LogP contribution in [0.25, 0.3) is 0 Å². The Labute approximate surface area is 87.3 Å². The zero-order chi connectivity index (χ0) is 10.8. The summed E-state index contributed by atoms with van der Waals surface area (Å²) in [7, 11) is 1.76. The Kier molecular flexibility index (Phi) is 2.53. The van der Waals surface area contributed by atoms with E-state index in [0.29, 0.717) is 18.9 Å². The molecule has 4 nitrogen and oxygen atoms in total. The van der Waals surface area contributed by atoms with Gasteiger partial charge in [0.15, 0.2) is 0 Å². The third-order valence-electron chi connectivity index (χ3n) is 2.48. The second-order valence-corrected chi connectivity index (χ2v) is 3.56. The van der Waals surface area contributed by atoms with Crippen LogP contribution in [0.1, 0.15) is 0 Å². The lowest BCUT2D eigenvalue weighted by molar-refractivity contribution is -0.129. The lowest BCUT2D eigenvalue weighted by Crippen LogP contribution is -2.48. The third-order valence-corrected chi connectivity index (χ3v) is 2.48. The zero-order valence-electron chi connectivity index (χ0n) is 8.48. The Morgan fingerprint density at radius 1 is 1.40 bits per heavy atom. The van der Waals surface area contributed by atoms with Gasteiger partial charge in [0, 0.05) is 20.1 Å². The molecule has 2 rings (SSSR count). The van der Waals surface area contributed by atoms with Crippen molar-refractivity contribution < 1.29 is 9.18 Å². The topological polar surface area (TPSA) is 36.4 Å². The van der Waals surface area contributed by atoms with Crippen molar-refractivity contribution in [2.75, 3.05) is 31.6 Å². The highest BCUT2D eigenvalue weighted by molar-refractivity contribution is 5.82. The molecule has 1 amide bonds. The van der Waals surface area contributed by atoms with E-state index in [9.17, 15) is 9.18 Å². The fraction of sp³-hybridized carbons (Fsp3) is 0.400. The van der Waals surface area contributed by atoms with E-state index in [1.54, 1.807) is 29.0 Å². The van der Waals surface area contributed by atoms with Crippen LogP contribution in [-0.2, 0) is 4.79 Å². The molecule has 0 saturated carbocycles. The van der Waals surface area contributed by atoms with Crippen LogP contribution in [0.4, 0.5) is 10.2 Å². The zero-order valence-corrected chi connectivity index (χ0v) is 8.48. The van der Waals surface area contributed by atoms with Gasteiger partial charge < -0.3 is 9.80 Å². The van der Waals surface area contributed by atoms with Crippen LogP contribution in [0.2, 0.25) is 0 Å². The molecule has 5 heteroatoms. The molecule has 0 unspecified atom stereocenters. The molecule has 80 valence electrons. The van der Waals surface area contributed by atoms with Gasteiger partial charge in [-0.2, -0.15) is 4.39 Å². The first-order valence-corrected chi connectivity index (χ1v) is 4.78. The van der Waals surface area contributed by atoms with Crippen LogP contribution in [0.3, 0.4) is 0 Å². The van der Waals surface area contributed by atoms with Crippen molar-refractivity contribution in [3.8, 4) is 0 Å². The number of amides is 1. The summed E-state index contributed by atoms with van der Waals surface area (Å²) in [5, 5.41) is 0. The van der Waals surface area contributed by atoms with Crippen molar-refractivity contribution in [2.45, 2.75) is 0 Å². The van der Waals surface area contributed by atoms with Crippen LogP contribution in [0.5, 0.6) is 0 Å². The first kappa shape index (κ1) is 9.89. The molecule has 0 aromatic carbocycles. The normalized spacial score (nSPS) is 17.1. The number of carbonyl (C=O) groups excluding carboxylic acids is 1. The van der Waals surface area contributed by atoms with Gasteiger partial charge in [0.05, 0.1) is 6.54 Å². The molecule has 0 aliphatic carbocycles. The number of rotatable bonds is 1. The minimum Gasteiger partial charge on any atom is -0.345 e. The number of nitrogens with zero attached hydrogens (tertiary/aromatic N) is 3. The number of anilines is 1. The summed E-state index contributed by atoms with van der Waals surface area (Å²) >= 11 is 0. The molecular weight excluding hydrogens is 197 g/mol. The summed E-state index contributed by atoms with van der Waals surface area (Å²) in [6.45, 7) is 1.61. The highest BCUT2D eigenvalue weighted by Crippen LogP contribution is 2.13. The molecule has 0 atom stereocenters. The number of pyridine rings is 1. The molecule has 1 saturated heterocycles. The fourth-order valence-electron chi connectivity index (χ4n) is 1.53. The molecule has 0 N–H and O–H groups in total. The molecule has 1 aromatic rings. The van der Waals surface area contributed by atoms with E-state index in [-0.39, 0.29) is 12.5 Å². The summed E-state index contributed by atoms with van der Waals surface area (Å²) in [5.74, 6) is 0.0441. The summed E-state index contributed by atoms with van der Waals surface area (Å²) in [4.78, 5) is 18.6. The maximum atomic E-state index is 12.9. The molecule has 0 radical (unpaired) electrons. The Morgan fingerprint density at radius 2 is 2.20 bits per heavy atom. The second kappa shape index (κ2) is 3.84. The number of hydrogen-bond donors (Lipinski definition) is 0. The Balaban J connectivity index is 2.15. The van der Waals surface area contributed by atoms with Gasteiger partial charge in [0.1, 0.15) is 5.82 Å². The number of halogens is 1. The van der Waals surface area contributed by atoms with E-state index >= 15 is 0 Å². The average Bonchev–Trinajstić information content (AvgIpc) is 2.22. The molecule has 1 fully saturated rings. The van der Waals surface area contributed by atoms with E-state index in [4.69, 9.17) is 0 Å². The number of likely N-dealkylation sites (N-methyl/N-ethyl adjacent to an activating group) is 1. The van der Waals surface area contributed by atoms with Crippen molar-refractivity contribution in [2.24, 2.45) is 0 Å². The molecule has 15 heavy (non-hydrogen) atoms. The van der Waals surface area contributed by atoms with Gasteiger partial charge in [-0.15, -0.1) is 0 Å². The molecule has 1 aromatic heterocycles. The van der Waals surface area contributed by atoms with Gasteiger partial charge in [0.2, 0.25) is 11.9 Å². The monoisotopic (exact) mass is 209 g/mol. The lowest BCUT2D eigenvalue weighted by Gasteiger charge is -2.32. The number of hydrogen-bond acceptors (Lipinski definition) is 3. The van der Waals surface area contributed by atoms with Gasteiger partial charge in [-0.25, -0.2) is 4.98 Å². The van der Waals surface area contributed by atoms with Crippen LogP contribution in [-0.4, -0.2) is 42.5 Å². The molecule has 1 aliphatic heterocycles. The summed E-state index contributed by atoms with van der Waals surface area (Å²) in [6, 6.07) is 4.60. The van der Waals surface area contributed by atoms with E-state index in [2.05, 4.69) is 4.98 Å². The van der Waals surface area contributed by atoms with Gasteiger partial charge >= 0.3 is 0 Å². The predicted octanol–water partition coefficient (Wildman–Crippen LogP) is 0.499. The molecular formula is C10H12FN3O. The Hall–Kier alpha value is -1.65. The van der Waals surface area contributed by atoms with E-state index in [1.165, 1.54) is 6.07 Å². The number of piperazine rings is 1. The summed E-state index contributed by atoms with van der Waals surface area (Å²) < 4.78 is 12.9. The Morgan fingerprint density at radius 3 is 2.87 bits per heavy atom. The van der Waals surface area contributed by atoms with E-state index in [1.807, 2.05) is 0 Å². The van der Waals surface area contributed by atoms with Crippen molar-refractivity contribution in [3.63, 3.8) is 0 Å². The first-order chi connectivity index (χ1) is 7.16. The first-order valence-electron chi connectivity index (χ1n) is 4.78. The van der Waals surface area contributed by atoms with Crippen molar-refractivity contribution >= 4 is 11.7 Å². The van der Waals surface area contributed by atoms with Gasteiger partial charge in [-0.1, -0.05) is 6.07 Å². The maximum Gasteiger partial charge on any atom is 0.241 e. The van der Waals surface area contributed by atoms with Gasteiger partial charge in [-0.05, 0) is 12.1 Å². The highest BCUT2D eigenvalue weighted by Gasteiger charge is 2.21. The van der Waals surface area contributed by atoms with Gasteiger partial charge in [-0.3, -0.25) is 4.79 Å². The van der Waals surface area contributed by atoms with Crippen molar-refractivity contribution in [3.05, 3.63) is 24.1 Å². The SMILES string of the molecule is CN1CCN(c2cccc(F)n2)CC1=O. The Bertz CT molecular complexity index is 383. The predicted molar refractivity (Wildman–Crippen MR) is 54.0 cm³/mol. The van der Waals surface area contributed by atoms with E-state index < -0.39 is 5.95 Å². The molecule has 0 bridgehead atoms.